The molecule has 0 bridgehead atoms. The molecule has 90 valence electrons. The monoisotopic (exact) mass is 242 g/mol. The van der Waals surface area contributed by atoms with Crippen LogP contribution >= 0.6 is 0 Å². The van der Waals surface area contributed by atoms with E-state index < -0.39 is 9.84 Å². The van der Waals surface area contributed by atoms with Gasteiger partial charge in [0.15, 0.2) is 9.84 Å². The second-order valence-electron chi connectivity index (χ2n) is 4.28. The molecule has 0 spiro atoms. The fraction of sp³-hybridized carbons (Fsp3) is 0.500. The van der Waals surface area contributed by atoms with Crippen molar-refractivity contribution in [2.45, 2.75) is 18.7 Å². The molecule has 0 aliphatic carbocycles. The Balaban J connectivity index is 2.88. The Hall–Kier alpha value is -0.870. The maximum Gasteiger partial charge on any atom is 0.178 e. The number of benzene rings is 1. The Morgan fingerprint density at radius 1 is 1.19 bits per heavy atom. The van der Waals surface area contributed by atoms with E-state index in [0.717, 1.165) is 0 Å². The van der Waals surface area contributed by atoms with Crippen molar-refractivity contribution in [2.75, 3.05) is 12.4 Å². The van der Waals surface area contributed by atoms with Crippen molar-refractivity contribution >= 4 is 9.84 Å². The lowest BCUT2D eigenvalue weighted by molar-refractivity contribution is 0.204. The molecule has 4 heteroatoms. The number of hydrogen-bond acceptors (Lipinski definition) is 3. The van der Waals surface area contributed by atoms with E-state index in [0.29, 0.717) is 4.90 Å². The predicted octanol–water partition coefficient (Wildman–Crippen LogP) is 1.72. The van der Waals surface area contributed by atoms with Crippen LogP contribution < -0.4 is 0 Å². The van der Waals surface area contributed by atoms with Gasteiger partial charge in [-0.15, -0.1) is 0 Å². The topological polar surface area (TPSA) is 54.4 Å². The van der Waals surface area contributed by atoms with Crippen molar-refractivity contribution in [1.82, 2.24) is 0 Å². The van der Waals surface area contributed by atoms with Crippen molar-refractivity contribution in [3.05, 3.63) is 30.3 Å². The lowest BCUT2D eigenvalue weighted by atomic mass is 9.99. The van der Waals surface area contributed by atoms with Crippen LogP contribution in [-0.2, 0) is 9.84 Å². The van der Waals surface area contributed by atoms with Crippen LogP contribution in [0.5, 0.6) is 0 Å². The first-order valence-electron chi connectivity index (χ1n) is 5.36. The molecule has 1 atom stereocenters. The van der Waals surface area contributed by atoms with Crippen LogP contribution in [0.25, 0.3) is 0 Å². The van der Waals surface area contributed by atoms with Gasteiger partial charge < -0.3 is 5.11 Å². The zero-order chi connectivity index (χ0) is 12.2. The molecule has 16 heavy (non-hydrogen) atoms. The van der Waals surface area contributed by atoms with Gasteiger partial charge in [-0.2, -0.15) is 0 Å². The molecule has 3 nitrogen and oxygen atoms in total. The van der Waals surface area contributed by atoms with E-state index in [4.69, 9.17) is 5.11 Å². The molecule has 1 aromatic carbocycles. The van der Waals surface area contributed by atoms with Crippen LogP contribution in [0.2, 0.25) is 0 Å². The molecule has 1 aromatic rings. The van der Waals surface area contributed by atoms with Gasteiger partial charge in [-0.25, -0.2) is 8.42 Å². The van der Waals surface area contributed by atoms with Crippen molar-refractivity contribution < 1.29 is 13.5 Å². The number of sulfone groups is 1. The van der Waals surface area contributed by atoms with Crippen LogP contribution in [0.1, 0.15) is 13.8 Å². The van der Waals surface area contributed by atoms with Crippen molar-refractivity contribution in [1.29, 1.82) is 0 Å². The van der Waals surface area contributed by atoms with Crippen molar-refractivity contribution in [3.63, 3.8) is 0 Å². The quantitative estimate of drug-likeness (QED) is 0.855. The van der Waals surface area contributed by atoms with Gasteiger partial charge in [-0.05, 0) is 24.0 Å². The SMILES string of the molecule is CC(C)[C@@H](CO)CS(=O)(=O)c1ccccc1. The third-order valence-electron chi connectivity index (χ3n) is 2.71. The summed E-state index contributed by atoms with van der Waals surface area (Å²) in [5.74, 6) is -0.0424. The van der Waals surface area contributed by atoms with Gasteiger partial charge in [-0.3, -0.25) is 0 Å². The Bertz CT molecular complexity index is 409. The van der Waals surface area contributed by atoms with Gasteiger partial charge in [0.05, 0.1) is 10.6 Å². The van der Waals surface area contributed by atoms with E-state index in [1.807, 2.05) is 13.8 Å². The van der Waals surface area contributed by atoms with Crippen LogP contribution in [0.15, 0.2) is 35.2 Å². The van der Waals surface area contributed by atoms with Crippen LogP contribution in [0, 0.1) is 11.8 Å². The maximum absolute atomic E-state index is 12.0. The van der Waals surface area contributed by atoms with E-state index in [9.17, 15) is 8.42 Å². The van der Waals surface area contributed by atoms with E-state index in [-0.39, 0.29) is 24.2 Å². The fourth-order valence-corrected chi connectivity index (χ4v) is 3.28. The Morgan fingerprint density at radius 2 is 1.75 bits per heavy atom. The summed E-state index contributed by atoms with van der Waals surface area (Å²) in [4.78, 5) is 0.328. The summed E-state index contributed by atoms with van der Waals surface area (Å²) in [5, 5.41) is 9.14. The van der Waals surface area contributed by atoms with Crippen LogP contribution in [-0.4, -0.2) is 25.9 Å². The second kappa shape index (κ2) is 5.46. The molecule has 1 rings (SSSR count). The minimum Gasteiger partial charge on any atom is -0.396 e. The predicted molar refractivity (Wildman–Crippen MR) is 63.9 cm³/mol. The minimum absolute atomic E-state index is 0.00514. The Labute approximate surface area is 97.0 Å². The first-order chi connectivity index (χ1) is 7.47. The van der Waals surface area contributed by atoms with Gasteiger partial charge in [0.2, 0.25) is 0 Å². The standard InChI is InChI=1S/C12H18O3S/c1-10(2)11(8-13)9-16(14,15)12-6-4-3-5-7-12/h3-7,10-11,13H,8-9H2,1-2H3/t11-/m0/s1. The van der Waals surface area contributed by atoms with E-state index in [2.05, 4.69) is 0 Å². The number of aliphatic hydroxyl groups excluding tert-OH is 1. The molecule has 0 saturated carbocycles. The normalized spacial score (nSPS) is 14.0. The minimum atomic E-state index is -3.28. The van der Waals surface area contributed by atoms with Crippen LogP contribution in [0.4, 0.5) is 0 Å². The first-order valence-corrected chi connectivity index (χ1v) is 7.01. The molecular formula is C12H18O3S. The molecule has 0 fully saturated rings. The van der Waals surface area contributed by atoms with E-state index in [1.54, 1.807) is 30.3 Å². The molecule has 0 aliphatic heterocycles. The van der Waals surface area contributed by atoms with Crippen molar-refractivity contribution in [2.24, 2.45) is 11.8 Å². The molecule has 0 amide bonds. The molecule has 0 aromatic heterocycles. The average Bonchev–Trinajstić information content (AvgIpc) is 2.27. The van der Waals surface area contributed by atoms with Gasteiger partial charge in [0.1, 0.15) is 0 Å². The lowest BCUT2D eigenvalue weighted by Crippen LogP contribution is -2.24. The van der Waals surface area contributed by atoms with Gasteiger partial charge in [-0.1, -0.05) is 32.0 Å². The molecule has 0 radical (unpaired) electrons. The summed E-state index contributed by atoms with van der Waals surface area (Å²) in [7, 11) is -3.28. The third-order valence-corrected chi connectivity index (χ3v) is 4.57. The molecule has 0 aliphatic rings. The van der Waals surface area contributed by atoms with Crippen molar-refractivity contribution in [3.8, 4) is 0 Å². The summed E-state index contributed by atoms with van der Waals surface area (Å²) < 4.78 is 24.0. The van der Waals surface area contributed by atoms with Gasteiger partial charge in [0, 0.05) is 6.61 Å². The highest BCUT2D eigenvalue weighted by Crippen LogP contribution is 2.18. The summed E-state index contributed by atoms with van der Waals surface area (Å²) >= 11 is 0. The highest BCUT2D eigenvalue weighted by molar-refractivity contribution is 7.91. The van der Waals surface area contributed by atoms with E-state index in [1.165, 1.54) is 0 Å². The van der Waals surface area contributed by atoms with Gasteiger partial charge in [0.25, 0.3) is 0 Å². The zero-order valence-corrected chi connectivity index (χ0v) is 10.4. The molecule has 1 N–H and O–H groups in total. The Morgan fingerprint density at radius 3 is 2.19 bits per heavy atom. The number of hydrogen-bond donors (Lipinski definition) is 1. The lowest BCUT2D eigenvalue weighted by Gasteiger charge is -2.17. The highest BCUT2D eigenvalue weighted by Gasteiger charge is 2.22. The third kappa shape index (κ3) is 3.32. The zero-order valence-electron chi connectivity index (χ0n) is 9.63. The Kier molecular flexibility index (Phi) is 4.50. The molecule has 0 unspecified atom stereocenters. The second-order valence-corrected chi connectivity index (χ2v) is 6.32. The summed E-state index contributed by atoms with van der Waals surface area (Å²) in [6, 6.07) is 8.37. The van der Waals surface area contributed by atoms with Gasteiger partial charge >= 0.3 is 0 Å². The highest BCUT2D eigenvalue weighted by atomic mass is 32.2. The summed E-state index contributed by atoms with van der Waals surface area (Å²) in [6.07, 6.45) is 0. The number of aliphatic hydroxyl groups is 1. The maximum atomic E-state index is 12.0. The molecule has 0 heterocycles. The summed E-state index contributed by atoms with van der Waals surface area (Å²) in [5.41, 5.74) is 0. The van der Waals surface area contributed by atoms with Crippen LogP contribution in [0.3, 0.4) is 0 Å². The fourth-order valence-electron chi connectivity index (χ4n) is 1.46. The molecular weight excluding hydrogens is 224 g/mol. The molecule has 0 saturated heterocycles. The summed E-state index contributed by atoms with van der Waals surface area (Å²) in [6.45, 7) is 3.74. The van der Waals surface area contributed by atoms with E-state index >= 15 is 0 Å². The number of rotatable bonds is 5. The average molecular weight is 242 g/mol. The first kappa shape index (κ1) is 13.2. The largest absolute Gasteiger partial charge is 0.396 e. The smallest absolute Gasteiger partial charge is 0.178 e.